The van der Waals surface area contributed by atoms with Crippen LogP contribution in [0.3, 0.4) is 0 Å². The predicted molar refractivity (Wildman–Crippen MR) is 130 cm³/mol. The van der Waals surface area contributed by atoms with Crippen LogP contribution < -0.4 is 15.4 Å². The summed E-state index contributed by atoms with van der Waals surface area (Å²) in [4.78, 5) is 4.30. The summed E-state index contributed by atoms with van der Waals surface area (Å²) >= 11 is 0. The first kappa shape index (κ1) is 25.3. The van der Waals surface area contributed by atoms with E-state index in [2.05, 4.69) is 51.6 Å². The van der Waals surface area contributed by atoms with Gasteiger partial charge in [0, 0.05) is 44.3 Å². The predicted octanol–water partition coefficient (Wildman–Crippen LogP) is 4.63. The molecule has 31 heavy (non-hydrogen) atoms. The van der Waals surface area contributed by atoms with E-state index in [0.717, 1.165) is 26.1 Å². The van der Waals surface area contributed by atoms with Gasteiger partial charge in [0.25, 0.3) is 0 Å². The highest BCUT2D eigenvalue weighted by atomic mass is 127. The van der Waals surface area contributed by atoms with Gasteiger partial charge in [-0.05, 0) is 37.0 Å². The Bertz CT molecular complexity index is 858. The molecule has 5 nitrogen and oxygen atoms in total. The minimum absolute atomic E-state index is 0. The molecule has 0 amide bonds. The third-order valence-electron chi connectivity index (χ3n) is 5.62. The second-order valence-electron chi connectivity index (χ2n) is 7.47. The first-order valence-corrected chi connectivity index (χ1v) is 10.2. The van der Waals surface area contributed by atoms with E-state index in [4.69, 9.17) is 4.74 Å². The van der Waals surface area contributed by atoms with Crippen LogP contribution in [0.15, 0.2) is 53.5 Å². The molecule has 1 aliphatic heterocycles. The van der Waals surface area contributed by atoms with Crippen LogP contribution >= 0.6 is 24.0 Å². The summed E-state index contributed by atoms with van der Waals surface area (Å²) in [6, 6.07) is 15.2. The summed E-state index contributed by atoms with van der Waals surface area (Å²) in [6.07, 6.45) is 1.85. The molecule has 0 aliphatic carbocycles. The van der Waals surface area contributed by atoms with Gasteiger partial charge in [0.05, 0.1) is 0 Å². The minimum Gasteiger partial charge on any atom is -0.434 e. The minimum atomic E-state index is -2.86. The zero-order valence-electron chi connectivity index (χ0n) is 17.9. The quantitative estimate of drug-likeness (QED) is 0.303. The van der Waals surface area contributed by atoms with Gasteiger partial charge in [-0.15, -0.1) is 24.0 Å². The van der Waals surface area contributed by atoms with Crippen molar-refractivity contribution in [1.29, 1.82) is 0 Å². The Hall–Kier alpha value is -1.94. The number of aryl methyl sites for hydroxylation is 1. The molecule has 3 rings (SSSR count). The molecular formula is C23H30F2IN3O2. The summed E-state index contributed by atoms with van der Waals surface area (Å²) in [6.45, 7) is 1.76. The van der Waals surface area contributed by atoms with Crippen LogP contribution in [0, 0.1) is 6.92 Å². The van der Waals surface area contributed by atoms with Crippen molar-refractivity contribution in [2.45, 2.75) is 38.3 Å². The van der Waals surface area contributed by atoms with Crippen molar-refractivity contribution in [3.8, 4) is 5.75 Å². The average molecular weight is 545 g/mol. The normalized spacial score (nSPS) is 15.8. The molecule has 0 atom stereocenters. The summed E-state index contributed by atoms with van der Waals surface area (Å²) < 4.78 is 35.5. The van der Waals surface area contributed by atoms with Gasteiger partial charge < -0.3 is 20.1 Å². The maximum Gasteiger partial charge on any atom is 0.387 e. The lowest BCUT2D eigenvalue weighted by atomic mass is 9.72. The Kier molecular flexibility index (Phi) is 9.95. The Morgan fingerprint density at radius 1 is 1.10 bits per heavy atom. The number of hydrogen-bond acceptors (Lipinski definition) is 3. The lowest BCUT2D eigenvalue weighted by Gasteiger charge is -2.39. The van der Waals surface area contributed by atoms with Gasteiger partial charge in [0.15, 0.2) is 5.96 Å². The number of nitrogens with one attached hydrogen (secondary N) is 2. The van der Waals surface area contributed by atoms with Crippen molar-refractivity contribution >= 4 is 29.9 Å². The van der Waals surface area contributed by atoms with Crippen molar-refractivity contribution < 1.29 is 18.3 Å². The fourth-order valence-corrected chi connectivity index (χ4v) is 3.98. The number of benzene rings is 2. The third-order valence-corrected chi connectivity index (χ3v) is 5.62. The van der Waals surface area contributed by atoms with E-state index in [1.807, 2.05) is 0 Å². The van der Waals surface area contributed by atoms with Crippen molar-refractivity contribution in [2.75, 3.05) is 26.8 Å². The molecule has 170 valence electrons. The molecule has 1 fully saturated rings. The average Bonchev–Trinajstić information content (AvgIpc) is 2.75. The molecular weight excluding hydrogens is 515 g/mol. The fourth-order valence-electron chi connectivity index (χ4n) is 3.98. The lowest BCUT2D eigenvalue weighted by Crippen LogP contribution is -2.48. The van der Waals surface area contributed by atoms with Crippen molar-refractivity contribution in [3.05, 3.63) is 65.2 Å². The number of guanidine groups is 1. The Labute approximate surface area is 199 Å². The molecule has 0 radical (unpaired) electrons. The molecule has 0 bridgehead atoms. The van der Waals surface area contributed by atoms with Crippen LogP contribution in [-0.2, 0) is 16.7 Å². The van der Waals surface area contributed by atoms with Gasteiger partial charge in [-0.2, -0.15) is 8.78 Å². The smallest absolute Gasteiger partial charge is 0.387 e. The van der Waals surface area contributed by atoms with Crippen LogP contribution in [0.4, 0.5) is 8.78 Å². The summed E-state index contributed by atoms with van der Waals surface area (Å²) in [7, 11) is 1.70. The molecule has 8 heteroatoms. The Balaban J connectivity index is 0.00000341. The number of nitrogens with zero attached hydrogens (tertiary/aromatic N) is 1. The highest BCUT2D eigenvalue weighted by Gasteiger charge is 2.35. The molecule has 0 spiro atoms. The molecule has 1 saturated heterocycles. The number of ether oxygens (including phenoxy) is 2. The first-order valence-electron chi connectivity index (χ1n) is 10.2. The van der Waals surface area contributed by atoms with Crippen molar-refractivity contribution in [1.82, 2.24) is 10.6 Å². The molecule has 1 aliphatic rings. The van der Waals surface area contributed by atoms with E-state index in [9.17, 15) is 8.78 Å². The van der Waals surface area contributed by atoms with Gasteiger partial charge >= 0.3 is 6.61 Å². The first-order chi connectivity index (χ1) is 14.5. The van der Waals surface area contributed by atoms with E-state index >= 15 is 0 Å². The lowest BCUT2D eigenvalue weighted by molar-refractivity contribution is -0.0504. The van der Waals surface area contributed by atoms with E-state index in [0.29, 0.717) is 24.6 Å². The topological polar surface area (TPSA) is 54.9 Å². The zero-order chi connectivity index (χ0) is 21.4. The number of para-hydroxylation sites is 1. The molecule has 0 aromatic heterocycles. The summed E-state index contributed by atoms with van der Waals surface area (Å²) in [5, 5.41) is 6.64. The SMILES string of the molecule is CN=C(NCc1ccccc1OC(F)F)NCC1(c2ccccc2C)CCOCC1.I. The third kappa shape index (κ3) is 6.77. The van der Waals surface area contributed by atoms with E-state index in [1.165, 1.54) is 17.2 Å². The van der Waals surface area contributed by atoms with Gasteiger partial charge in [-0.1, -0.05) is 42.5 Å². The second kappa shape index (κ2) is 12.2. The summed E-state index contributed by atoms with van der Waals surface area (Å²) in [5.41, 5.74) is 3.19. The molecule has 1 heterocycles. The monoisotopic (exact) mass is 545 g/mol. The van der Waals surface area contributed by atoms with Crippen LogP contribution in [0.2, 0.25) is 0 Å². The van der Waals surface area contributed by atoms with Gasteiger partial charge in [-0.25, -0.2) is 0 Å². The van der Waals surface area contributed by atoms with Gasteiger partial charge in [-0.3, -0.25) is 4.99 Å². The largest absolute Gasteiger partial charge is 0.434 e. The number of halogens is 3. The number of aliphatic imine (C=N–C) groups is 1. The molecule has 2 N–H and O–H groups in total. The van der Waals surface area contributed by atoms with Crippen LogP contribution in [-0.4, -0.2) is 39.4 Å². The van der Waals surface area contributed by atoms with E-state index in [1.54, 1.807) is 25.2 Å². The molecule has 0 saturated carbocycles. The Morgan fingerprint density at radius 3 is 2.45 bits per heavy atom. The second-order valence-corrected chi connectivity index (χ2v) is 7.47. The molecule has 0 unspecified atom stereocenters. The van der Waals surface area contributed by atoms with Gasteiger partial charge in [0.2, 0.25) is 0 Å². The number of alkyl halides is 2. The van der Waals surface area contributed by atoms with E-state index < -0.39 is 6.61 Å². The summed E-state index contributed by atoms with van der Waals surface area (Å²) in [5.74, 6) is 0.776. The van der Waals surface area contributed by atoms with Crippen LogP contribution in [0.5, 0.6) is 5.75 Å². The van der Waals surface area contributed by atoms with Crippen molar-refractivity contribution in [2.24, 2.45) is 4.99 Å². The maximum absolute atomic E-state index is 12.6. The number of rotatable bonds is 7. The fraction of sp³-hybridized carbons (Fsp3) is 0.435. The van der Waals surface area contributed by atoms with Crippen molar-refractivity contribution in [3.63, 3.8) is 0 Å². The van der Waals surface area contributed by atoms with E-state index in [-0.39, 0.29) is 35.1 Å². The highest BCUT2D eigenvalue weighted by Crippen LogP contribution is 2.36. The molecule has 2 aromatic rings. The van der Waals surface area contributed by atoms with Crippen LogP contribution in [0.1, 0.15) is 29.5 Å². The standard InChI is InChI=1S/C23H29F2N3O2.HI/c1-17-7-3-5-9-19(17)23(11-13-29-14-12-23)16-28-22(26-2)27-15-18-8-4-6-10-20(18)30-21(24)25;/h3-10,21H,11-16H2,1-2H3,(H2,26,27,28);1H. The highest BCUT2D eigenvalue weighted by molar-refractivity contribution is 14.0. The Morgan fingerprint density at radius 2 is 1.77 bits per heavy atom. The number of hydrogen-bond donors (Lipinski definition) is 2. The zero-order valence-corrected chi connectivity index (χ0v) is 20.2. The van der Waals surface area contributed by atoms with Gasteiger partial charge in [0.1, 0.15) is 5.75 Å². The maximum atomic E-state index is 12.6. The van der Waals surface area contributed by atoms with Crippen LogP contribution in [0.25, 0.3) is 0 Å². The molecule has 2 aromatic carbocycles.